The van der Waals surface area contributed by atoms with Crippen LogP contribution >= 0.6 is 11.3 Å². The molecule has 1 aromatic heterocycles. The number of thiazole rings is 1. The van der Waals surface area contributed by atoms with Gasteiger partial charge in [0.15, 0.2) is 0 Å². The number of para-hydroxylation sites is 1. The Kier molecular flexibility index (Phi) is 4.17. The molecule has 0 spiro atoms. The van der Waals surface area contributed by atoms with E-state index in [-0.39, 0.29) is 12.1 Å². The van der Waals surface area contributed by atoms with Gasteiger partial charge in [-0.1, -0.05) is 24.3 Å². The summed E-state index contributed by atoms with van der Waals surface area (Å²) in [5, 5.41) is 0.795. The molecule has 0 amide bonds. The molecule has 4 nitrogen and oxygen atoms in total. The van der Waals surface area contributed by atoms with Gasteiger partial charge >= 0.3 is 5.97 Å². The monoisotopic (exact) mass is 352 g/mol. The summed E-state index contributed by atoms with van der Waals surface area (Å²) in [6.45, 7) is 6.11. The predicted octanol–water partition coefficient (Wildman–Crippen LogP) is 4.03. The lowest BCUT2D eigenvalue weighted by Gasteiger charge is -2.30. The van der Waals surface area contributed by atoms with Crippen LogP contribution in [0, 0.1) is 0 Å². The molecule has 25 heavy (non-hydrogen) atoms. The number of esters is 1. The van der Waals surface area contributed by atoms with Crippen LogP contribution < -0.4 is 0 Å². The molecule has 0 N–H and O–H groups in total. The van der Waals surface area contributed by atoms with Crippen LogP contribution in [-0.2, 0) is 9.53 Å². The van der Waals surface area contributed by atoms with Crippen molar-refractivity contribution in [3.63, 3.8) is 0 Å². The third-order valence-electron chi connectivity index (χ3n) is 4.66. The molecule has 0 saturated carbocycles. The molecule has 2 heterocycles. The Hall–Kier alpha value is -2.40. The van der Waals surface area contributed by atoms with Crippen LogP contribution in [-0.4, -0.2) is 35.0 Å². The summed E-state index contributed by atoms with van der Waals surface area (Å²) in [6, 6.07) is 7.95. The van der Waals surface area contributed by atoms with Crippen molar-refractivity contribution in [1.82, 2.24) is 9.88 Å². The summed E-state index contributed by atoms with van der Waals surface area (Å²) < 4.78 is 6.82. The summed E-state index contributed by atoms with van der Waals surface area (Å²) in [4.78, 5) is 19.4. The van der Waals surface area contributed by atoms with Crippen molar-refractivity contribution >= 4 is 27.5 Å². The van der Waals surface area contributed by atoms with E-state index in [1.165, 1.54) is 0 Å². The topological polar surface area (TPSA) is 42.4 Å². The second kappa shape index (κ2) is 6.48. The molecule has 1 aliphatic heterocycles. The first-order valence-corrected chi connectivity index (χ1v) is 9.43. The molecular weight excluding hydrogens is 332 g/mol. The molecule has 0 radical (unpaired) electrons. The van der Waals surface area contributed by atoms with Crippen LogP contribution in [0.1, 0.15) is 24.8 Å². The molecule has 0 saturated heterocycles. The van der Waals surface area contributed by atoms with Gasteiger partial charge in [-0.05, 0) is 43.7 Å². The highest BCUT2D eigenvalue weighted by Crippen LogP contribution is 2.35. The van der Waals surface area contributed by atoms with Gasteiger partial charge in [-0.25, -0.2) is 4.98 Å². The third-order valence-corrected chi connectivity index (χ3v) is 5.78. The molecule has 2 aromatic rings. The number of rotatable bonds is 4. The molecule has 1 aliphatic carbocycles. The standard InChI is InChI=1S/C20H20N2O2S/c1-3-22(4-2)14-10-9-13-11-15(20(23)24-17(13)12-14)19-21-16-7-5-6-8-18(16)25-19/h5-12,15,17H,3-4H2,1-2H3. The number of carbonyl (C=O) groups excluding carboxylic acids is 1. The van der Waals surface area contributed by atoms with E-state index in [2.05, 4.69) is 35.9 Å². The Bertz CT molecular complexity index is 872. The van der Waals surface area contributed by atoms with Crippen molar-refractivity contribution in [2.45, 2.75) is 25.9 Å². The van der Waals surface area contributed by atoms with Crippen LogP contribution in [0.4, 0.5) is 0 Å². The molecule has 2 atom stereocenters. The summed E-state index contributed by atoms with van der Waals surface area (Å²) in [7, 11) is 0. The minimum atomic E-state index is -0.420. The van der Waals surface area contributed by atoms with E-state index in [4.69, 9.17) is 4.74 Å². The lowest BCUT2D eigenvalue weighted by atomic mass is 9.94. The number of allylic oxidation sites excluding steroid dienone is 1. The third kappa shape index (κ3) is 2.89. The molecular formula is C20H20N2O2S. The molecule has 4 rings (SSSR count). The van der Waals surface area contributed by atoms with E-state index >= 15 is 0 Å². The largest absolute Gasteiger partial charge is 0.452 e. The zero-order valence-electron chi connectivity index (χ0n) is 14.3. The first kappa shape index (κ1) is 16.1. The van der Waals surface area contributed by atoms with Gasteiger partial charge < -0.3 is 9.64 Å². The van der Waals surface area contributed by atoms with Gasteiger partial charge in [0.05, 0.1) is 10.2 Å². The first-order chi connectivity index (χ1) is 12.2. The van der Waals surface area contributed by atoms with Crippen LogP contribution in [0.5, 0.6) is 0 Å². The van der Waals surface area contributed by atoms with Crippen LogP contribution in [0.3, 0.4) is 0 Å². The number of aromatic nitrogens is 1. The number of likely N-dealkylation sites (N-methyl/N-ethyl adjacent to an activating group) is 1. The summed E-state index contributed by atoms with van der Waals surface area (Å²) in [5.41, 5.74) is 3.07. The molecule has 2 unspecified atom stereocenters. The summed E-state index contributed by atoms with van der Waals surface area (Å²) in [6.07, 6.45) is 7.90. The maximum absolute atomic E-state index is 12.6. The Morgan fingerprint density at radius 3 is 2.72 bits per heavy atom. The number of benzene rings is 1. The predicted molar refractivity (Wildman–Crippen MR) is 100 cm³/mol. The quantitative estimate of drug-likeness (QED) is 0.779. The SMILES string of the molecule is CCN(CC)C1=CC2OC(=O)C(c3nc4ccccc4s3)C=C2C=C1. The zero-order valence-corrected chi connectivity index (χ0v) is 15.1. The van der Waals surface area contributed by atoms with Gasteiger partial charge in [-0.15, -0.1) is 11.3 Å². The summed E-state index contributed by atoms with van der Waals surface area (Å²) in [5.74, 6) is -0.644. The fourth-order valence-electron chi connectivity index (χ4n) is 3.29. The van der Waals surface area contributed by atoms with E-state index in [0.29, 0.717) is 0 Å². The highest BCUT2D eigenvalue weighted by Gasteiger charge is 2.33. The van der Waals surface area contributed by atoms with Gasteiger partial charge in [-0.2, -0.15) is 0 Å². The molecule has 2 aliphatic rings. The van der Waals surface area contributed by atoms with E-state index in [9.17, 15) is 4.79 Å². The number of carbonyl (C=O) groups is 1. The average molecular weight is 352 g/mol. The minimum Gasteiger partial charge on any atom is -0.452 e. The Balaban J connectivity index is 1.65. The van der Waals surface area contributed by atoms with E-state index in [1.807, 2.05) is 36.4 Å². The number of nitrogens with zero attached hydrogens (tertiary/aromatic N) is 2. The average Bonchev–Trinajstić information content (AvgIpc) is 3.06. The Morgan fingerprint density at radius 1 is 1.16 bits per heavy atom. The van der Waals surface area contributed by atoms with Crippen molar-refractivity contribution < 1.29 is 9.53 Å². The fourth-order valence-corrected chi connectivity index (χ4v) is 4.31. The molecule has 1 aromatic carbocycles. The van der Waals surface area contributed by atoms with Crippen LogP contribution in [0.25, 0.3) is 10.2 Å². The van der Waals surface area contributed by atoms with E-state index in [1.54, 1.807) is 11.3 Å². The number of hydrogen-bond acceptors (Lipinski definition) is 5. The molecule has 128 valence electrons. The number of ether oxygens (including phenoxy) is 1. The fraction of sp³-hybridized carbons (Fsp3) is 0.300. The maximum Gasteiger partial charge on any atom is 0.320 e. The van der Waals surface area contributed by atoms with Gasteiger partial charge in [0.25, 0.3) is 0 Å². The van der Waals surface area contributed by atoms with Gasteiger partial charge in [0.2, 0.25) is 0 Å². The normalized spacial score (nSPS) is 22.2. The number of fused-ring (bicyclic) bond motifs is 2. The van der Waals surface area contributed by atoms with Gasteiger partial charge in [-0.3, -0.25) is 4.79 Å². The highest BCUT2D eigenvalue weighted by molar-refractivity contribution is 7.18. The van der Waals surface area contributed by atoms with Crippen molar-refractivity contribution in [1.29, 1.82) is 0 Å². The molecule has 5 heteroatoms. The van der Waals surface area contributed by atoms with Crippen LogP contribution in [0.2, 0.25) is 0 Å². The van der Waals surface area contributed by atoms with Crippen molar-refractivity contribution in [2.24, 2.45) is 0 Å². The van der Waals surface area contributed by atoms with E-state index < -0.39 is 5.92 Å². The molecule has 0 bridgehead atoms. The van der Waals surface area contributed by atoms with Crippen LogP contribution in [0.15, 0.2) is 59.8 Å². The highest BCUT2D eigenvalue weighted by atomic mass is 32.1. The second-order valence-electron chi connectivity index (χ2n) is 6.12. The second-order valence-corrected chi connectivity index (χ2v) is 7.18. The lowest BCUT2D eigenvalue weighted by Crippen LogP contribution is -2.31. The summed E-state index contributed by atoms with van der Waals surface area (Å²) >= 11 is 1.56. The molecule has 0 fully saturated rings. The first-order valence-electron chi connectivity index (χ1n) is 8.62. The zero-order chi connectivity index (χ0) is 17.4. The lowest BCUT2D eigenvalue weighted by molar-refractivity contribution is -0.147. The number of hydrogen-bond donors (Lipinski definition) is 0. The Labute approximate surface area is 151 Å². The smallest absolute Gasteiger partial charge is 0.320 e. The minimum absolute atomic E-state index is 0.224. The van der Waals surface area contributed by atoms with Crippen molar-refractivity contribution in [2.75, 3.05) is 13.1 Å². The van der Waals surface area contributed by atoms with E-state index in [0.717, 1.165) is 39.6 Å². The van der Waals surface area contributed by atoms with Crippen molar-refractivity contribution in [3.8, 4) is 0 Å². The Morgan fingerprint density at radius 2 is 1.96 bits per heavy atom. The van der Waals surface area contributed by atoms with Crippen molar-refractivity contribution in [3.05, 3.63) is 64.8 Å². The van der Waals surface area contributed by atoms with Gasteiger partial charge in [0, 0.05) is 18.8 Å². The van der Waals surface area contributed by atoms with Gasteiger partial charge in [0.1, 0.15) is 17.0 Å². The maximum atomic E-state index is 12.6.